The third kappa shape index (κ3) is 5.39. The molecular formula is C15H32N2. The largest absolute Gasteiger partial charge is 0.317 e. The van der Waals surface area contributed by atoms with Crippen LogP contribution in [0.2, 0.25) is 0 Å². The lowest BCUT2D eigenvalue weighted by atomic mass is 10.0. The summed E-state index contributed by atoms with van der Waals surface area (Å²) < 4.78 is 0. The average molecular weight is 240 g/mol. The van der Waals surface area contributed by atoms with Crippen LogP contribution in [0.1, 0.15) is 47.0 Å². The van der Waals surface area contributed by atoms with Gasteiger partial charge in [-0.15, -0.1) is 0 Å². The molecule has 1 fully saturated rings. The minimum Gasteiger partial charge on any atom is -0.317 e. The van der Waals surface area contributed by atoms with Gasteiger partial charge < -0.3 is 10.2 Å². The molecule has 2 atom stereocenters. The molecule has 1 saturated carbocycles. The zero-order chi connectivity index (χ0) is 12.8. The lowest BCUT2D eigenvalue weighted by molar-refractivity contribution is 0.178. The SMILES string of the molecule is CNC1CCCC1CN(CC(C)C)CC(C)C. The molecule has 0 aromatic rings. The van der Waals surface area contributed by atoms with Gasteiger partial charge in [0.2, 0.25) is 0 Å². The molecule has 0 bridgehead atoms. The number of nitrogens with zero attached hydrogens (tertiary/aromatic N) is 1. The van der Waals surface area contributed by atoms with Crippen LogP contribution >= 0.6 is 0 Å². The molecule has 0 aromatic carbocycles. The maximum atomic E-state index is 3.50. The Labute approximate surface area is 108 Å². The van der Waals surface area contributed by atoms with Crippen molar-refractivity contribution in [2.24, 2.45) is 17.8 Å². The Morgan fingerprint density at radius 1 is 1.06 bits per heavy atom. The van der Waals surface area contributed by atoms with E-state index in [4.69, 9.17) is 0 Å². The fraction of sp³-hybridized carbons (Fsp3) is 1.00. The minimum atomic E-state index is 0.761. The van der Waals surface area contributed by atoms with E-state index >= 15 is 0 Å². The van der Waals surface area contributed by atoms with Crippen LogP contribution in [0.3, 0.4) is 0 Å². The van der Waals surface area contributed by atoms with E-state index in [0.29, 0.717) is 0 Å². The molecule has 1 N–H and O–H groups in total. The molecular weight excluding hydrogens is 208 g/mol. The van der Waals surface area contributed by atoms with Gasteiger partial charge >= 0.3 is 0 Å². The molecule has 0 amide bonds. The molecule has 1 aliphatic carbocycles. The standard InChI is InChI=1S/C15H32N2/c1-12(2)9-17(10-13(3)4)11-14-7-6-8-15(14)16-5/h12-16H,6-11H2,1-5H3. The normalized spacial score (nSPS) is 25.4. The maximum absolute atomic E-state index is 3.50. The molecule has 0 aromatic heterocycles. The first-order chi connectivity index (χ1) is 8.02. The van der Waals surface area contributed by atoms with Gasteiger partial charge in [-0.2, -0.15) is 0 Å². The van der Waals surface area contributed by atoms with Crippen LogP contribution in [0.5, 0.6) is 0 Å². The molecule has 2 heteroatoms. The second-order valence-corrected chi connectivity index (χ2v) is 6.59. The third-order valence-electron chi connectivity index (χ3n) is 3.77. The molecule has 0 saturated heterocycles. The summed E-state index contributed by atoms with van der Waals surface area (Å²) in [6.07, 6.45) is 4.20. The molecule has 17 heavy (non-hydrogen) atoms. The Kier molecular flexibility index (Phi) is 6.50. The van der Waals surface area contributed by atoms with E-state index in [2.05, 4.69) is 45.0 Å². The van der Waals surface area contributed by atoms with E-state index in [1.54, 1.807) is 0 Å². The van der Waals surface area contributed by atoms with Crippen LogP contribution in [0, 0.1) is 17.8 Å². The van der Waals surface area contributed by atoms with Gasteiger partial charge in [0.05, 0.1) is 0 Å². The van der Waals surface area contributed by atoms with E-state index in [0.717, 1.165) is 23.8 Å². The van der Waals surface area contributed by atoms with Crippen molar-refractivity contribution in [2.75, 3.05) is 26.7 Å². The fourth-order valence-electron chi connectivity index (χ4n) is 3.22. The number of rotatable bonds is 7. The summed E-state index contributed by atoms with van der Waals surface area (Å²) in [5, 5.41) is 3.50. The second-order valence-electron chi connectivity index (χ2n) is 6.59. The summed E-state index contributed by atoms with van der Waals surface area (Å²) >= 11 is 0. The van der Waals surface area contributed by atoms with Gasteiger partial charge in [-0.3, -0.25) is 0 Å². The quantitative estimate of drug-likeness (QED) is 0.736. The predicted octanol–water partition coefficient (Wildman–Crippen LogP) is 2.99. The van der Waals surface area contributed by atoms with E-state index < -0.39 is 0 Å². The average Bonchev–Trinajstić information content (AvgIpc) is 2.62. The van der Waals surface area contributed by atoms with Crippen molar-refractivity contribution in [3.8, 4) is 0 Å². The van der Waals surface area contributed by atoms with Crippen molar-refractivity contribution in [2.45, 2.75) is 53.0 Å². The number of nitrogens with one attached hydrogen (secondary N) is 1. The lowest BCUT2D eigenvalue weighted by Gasteiger charge is -2.31. The Bertz CT molecular complexity index is 191. The van der Waals surface area contributed by atoms with Crippen molar-refractivity contribution in [1.82, 2.24) is 10.2 Å². The van der Waals surface area contributed by atoms with Gasteiger partial charge in [0.15, 0.2) is 0 Å². The van der Waals surface area contributed by atoms with Crippen molar-refractivity contribution in [1.29, 1.82) is 0 Å². The summed E-state index contributed by atoms with van der Waals surface area (Å²) in [5.74, 6) is 2.43. The zero-order valence-corrected chi connectivity index (χ0v) is 12.5. The van der Waals surface area contributed by atoms with Gasteiger partial charge in [0.25, 0.3) is 0 Å². The highest BCUT2D eigenvalue weighted by atomic mass is 15.1. The molecule has 2 unspecified atom stereocenters. The first kappa shape index (κ1) is 15.0. The Morgan fingerprint density at radius 2 is 1.65 bits per heavy atom. The van der Waals surface area contributed by atoms with Gasteiger partial charge in [-0.05, 0) is 37.6 Å². The summed E-state index contributed by atoms with van der Waals surface area (Å²) in [4.78, 5) is 2.69. The number of hydrogen-bond acceptors (Lipinski definition) is 2. The van der Waals surface area contributed by atoms with E-state index in [1.807, 2.05) is 0 Å². The fourth-order valence-corrected chi connectivity index (χ4v) is 3.22. The highest BCUT2D eigenvalue weighted by Gasteiger charge is 2.27. The van der Waals surface area contributed by atoms with Gasteiger partial charge in [0.1, 0.15) is 0 Å². The highest BCUT2D eigenvalue weighted by Crippen LogP contribution is 2.26. The first-order valence-electron chi connectivity index (χ1n) is 7.42. The summed E-state index contributed by atoms with van der Waals surface area (Å²) in [7, 11) is 2.12. The van der Waals surface area contributed by atoms with Crippen molar-refractivity contribution in [3.63, 3.8) is 0 Å². The Hall–Kier alpha value is -0.0800. The van der Waals surface area contributed by atoms with Crippen LogP contribution in [-0.2, 0) is 0 Å². The molecule has 0 heterocycles. The predicted molar refractivity (Wildman–Crippen MR) is 76.3 cm³/mol. The van der Waals surface area contributed by atoms with Crippen LogP contribution in [-0.4, -0.2) is 37.6 Å². The Morgan fingerprint density at radius 3 is 2.12 bits per heavy atom. The van der Waals surface area contributed by atoms with Crippen LogP contribution in [0.4, 0.5) is 0 Å². The minimum absolute atomic E-state index is 0.761. The van der Waals surface area contributed by atoms with Gasteiger partial charge in [-0.25, -0.2) is 0 Å². The van der Waals surface area contributed by atoms with E-state index in [9.17, 15) is 0 Å². The third-order valence-corrected chi connectivity index (χ3v) is 3.77. The van der Waals surface area contributed by atoms with Crippen molar-refractivity contribution < 1.29 is 0 Å². The van der Waals surface area contributed by atoms with Crippen molar-refractivity contribution in [3.05, 3.63) is 0 Å². The Balaban J connectivity index is 2.46. The molecule has 2 nitrogen and oxygen atoms in total. The highest BCUT2D eigenvalue weighted by molar-refractivity contribution is 4.84. The zero-order valence-electron chi connectivity index (χ0n) is 12.5. The smallest absolute Gasteiger partial charge is 0.0104 e. The van der Waals surface area contributed by atoms with Crippen LogP contribution in [0.15, 0.2) is 0 Å². The molecule has 0 aliphatic heterocycles. The lowest BCUT2D eigenvalue weighted by Crippen LogP contribution is -2.40. The monoisotopic (exact) mass is 240 g/mol. The first-order valence-corrected chi connectivity index (χ1v) is 7.42. The van der Waals surface area contributed by atoms with Crippen LogP contribution < -0.4 is 5.32 Å². The van der Waals surface area contributed by atoms with Gasteiger partial charge in [-0.1, -0.05) is 34.1 Å². The number of hydrogen-bond donors (Lipinski definition) is 1. The molecule has 0 spiro atoms. The van der Waals surface area contributed by atoms with E-state index in [-0.39, 0.29) is 0 Å². The van der Waals surface area contributed by atoms with Crippen LogP contribution in [0.25, 0.3) is 0 Å². The molecule has 0 radical (unpaired) electrons. The topological polar surface area (TPSA) is 15.3 Å². The molecule has 102 valence electrons. The van der Waals surface area contributed by atoms with Gasteiger partial charge in [0, 0.05) is 25.7 Å². The summed E-state index contributed by atoms with van der Waals surface area (Å²) in [6, 6.07) is 0.761. The summed E-state index contributed by atoms with van der Waals surface area (Å²) in [6.45, 7) is 13.1. The molecule has 1 rings (SSSR count). The van der Waals surface area contributed by atoms with Crippen molar-refractivity contribution >= 4 is 0 Å². The van der Waals surface area contributed by atoms with E-state index in [1.165, 1.54) is 38.9 Å². The maximum Gasteiger partial charge on any atom is 0.0104 e. The molecule has 1 aliphatic rings. The second kappa shape index (κ2) is 7.38. The summed E-state index contributed by atoms with van der Waals surface area (Å²) in [5.41, 5.74) is 0.